The number of nitrogens with one attached hydrogen (secondary N) is 1. The van der Waals surface area contributed by atoms with Gasteiger partial charge in [-0.2, -0.15) is 0 Å². The molecule has 0 fully saturated rings. The summed E-state index contributed by atoms with van der Waals surface area (Å²) in [5.74, 6) is -0.914. The maximum Gasteiger partial charge on any atom is 0.322 e. The Morgan fingerprint density at radius 3 is 2.65 bits per heavy atom. The Hall–Kier alpha value is -1.56. The Kier molecular flexibility index (Phi) is 6.01. The van der Waals surface area contributed by atoms with Crippen LogP contribution in [0.4, 0.5) is 10.5 Å². The van der Waals surface area contributed by atoms with Crippen molar-refractivity contribution >= 4 is 33.6 Å². The van der Waals surface area contributed by atoms with E-state index in [1.165, 1.54) is 4.90 Å². The van der Waals surface area contributed by atoms with Crippen LogP contribution in [0.15, 0.2) is 22.7 Å². The first-order valence-electron chi connectivity index (χ1n) is 6.40. The van der Waals surface area contributed by atoms with Gasteiger partial charge >= 0.3 is 12.0 Å². The summed E-state index contributed by atoms with van der Waals surface area (Å²) in [6.45, 7) is 5.91. The van der Waals surface area contributed by atoms with Gasteiger partial charge in [-0.1, -0.05) is 22.0 Å². The van der Waals surface area contributed by atoms with Crippen molar-refractivity contribution in [2.75, 3.05) is 11.9 Å². The van der Waals surface area contributed by atoms with E-state index >= 15 is 0 Å². The Morgan fingerprint density at radius 2 is 2.10 bits per heavy atom. The monoisotopic (exact) mass is 342 g/mol. The number of rotatable bonds is 5. The summed E-state index contributed by atoms with van der Waals surface area (Å²) >= 11 is 3.36. The highest BCUT2D eigenvalue weighted by Crippen LogP contribution is 2.21. The van der Waals surface area contributed by atoms with Crippen LogP contribution >= 0.6 is 15.9 Å². The molecule has 5 nitrogen and oxygen atoms in total. The van der Waals surface area contributed by atoms with E-state index < -0.39 is 5.97 Å². The molecule has 1 aromatic rings. The van der Waals surface area contributed by atoms with E-state index in [1.54, 1.807) is 6.92 Å². The number of urea groups is 1. The molecule has 0 saturated heterocycles. The van der Waals surface area contributed by atoms with Crippen molar-refractivity contribution in [1.29, 1.82) is 0 Å². The molecule has 0 aliphatic rings. The molecular formula is C14H19BrN2O3. The van der Waals surface area contributed by atoms with Gasteiger partial charge in [-0.15, -0.1) is 0 Å². The normalized spacial score (nSPS) is 11.8. The van der Waals surface area contributed by atoms with Crippen LogP contribution in [0.25, 0.3) is 0 Å². The number of hydrogen-bond acceptors (Lipinski definition) is 2. The molecule has 6 heteroatoms. The van der Waals surface area contributed by atoms with Gasteiger partial charge in [0.05, 0.1) is 6.42 Å². The second kappa shape index (κ2) is 7.28. The molecule has 0 aliphatic carbocycles. The molecule has 0 heterocycles. The van der Waals surface area contributed by atoms with E-state index in [1.807, 2.05) is 32.0 Å². The van der Waals surface area contributed by atoms with Crippen molar-refractivity contribution in [2.45, 2.75) is 33.2 Å². The van der Waals surface area contributed by atoms with Gasteiger partial charge in [0.25, 0.3) is 0 Å². The summed E-state index contributed by atoms with van der Waals surface area (Å²) in [6.07, 6.45) is -0.0707. The zero-order chi connectivity index (χ0) is 15.3. The van der Waals surface area contributed by atoms with Gasteiger partial charge in [0.1, 0.15) is 0 Å². The highest BCUT2D eigenvalue weighted by atomic mass is 79.9. The number of benzene rings is 1. The summed E-state index contributed by atoms with van der Waals surface area (Å²) in [5, 5.41) is 11.6. The van der Waals surface area contributed by atoms with E-state index in [9.17, 15) is 9.59 Å². The van der Waals surface area contributed by atoms with Crippen LogP contribution in [0.2, 0.25) is 0 Å². The summed E-state index contributed by atoms with van der Waals surface area (Å²) in [7, 11) is 0. The SMILES string of the molecule is CCN(C(=O)Nc1cc(Br)ccc1C)C(C)CC(=O)O. The molecule has 110 valence electrons. The second-order valence-electron chi connectivity index (χ2n) is 4.62. The second-order valence-corrected chi connectivity index (χ2v) is 5.54. The van der Waals surface area contributed by atoms with Crippen molar-refractivity contribution in [1.82, 2.24) is 4.90 Å². The van der Waals surface area contributed by atoms with Crippen LogP contribution in [0, 0.1) is 6.92 Å². The first kappa shape index (κ1) is 16.5. The number of carboxylic acids is 1. The minimum absolute atomic E-state index is 0.0707. The lowest BCUT2D eigenvalue weighted by molar-refractivity contribution is -0.137. The van der Waals surface area contributed by atoms with Gasteiger partial charge in [-0.3, -0.25) is 4.79 Å². The van der Waals surface area contributed by atoms with Crippen LogP contribution in [-0.4, -0.2) is 34.6 Å². The van der Waals surface area contributed by atoms with Crippen LogP contribution < -0.4 is 5.32 Å². The van der Waals surface area contributed by atoms with Crippen molar-refractivity contribution in [2.24, 2.45) is 0 Å². The first-order valence-corrected chi connectivity index (χ1v) is 7.20. The van der Waals surface area contributed by atoms with Crippen LogP contribution in [0.5, 0.6) is 0 Å². The van der Waals surface area contributed by atoms with Crippen LogP contribution in [-0.2, 0) is 4.79 Å². The minimum atomic E-state index is -0.914. The summed E-state index contributed by atoms with van der Waals surface area (Å²) in [5.41, 5.74) is 1.66. The van der Waals surface area contributed by atoms with Crippen molar-refractivity contribution < 1.29 is 14.7 Å². The molecule has 1 aromatic carbocycles. The van der Waals surface area contributed by atoms with Gasteiger partial charge in [-0.05, 0) is 38.5 Å². The van der Waals surface area contributed by atoms with Crippen LogP contribution in [0.1, 0.15) is 25.8 Å². The number of carboxylic acid groups (broad SMARTS) is 1. The third-order valence-corrected chi connectivity index (χ3v) is 3.54. The minimum Gasteiger partial charge on any atom is -0.481 e. The molecule has 0 saturated carbocycles. The fraction of sp³-hybridized carbons (Fsp3) is 0.429. The number of anilines is 1. The quantitative estimate of drug-likeness (QED) is 0.860. The average molecular weight is 343 g/mol. The summed E-state index contributed by atoms with van der Waals surface area (Å²) in [4.78, 5) is 24.5. The molecule has 0 bridgehead atoms. The number of amides is 2. The van der Waals surface area contributed by atoms with Gasteiger partial charge in [-0.25, -0.2) is 4.79 Å². The Morgan fingerprint density at radius 1 is 1.45 bits per heavy atom. The smallest absolute Gasteiger partial charge is 0.322 e. The van der Waals surface area contributed by atoms with Crippen molar-refractivity contribution in [3.8, 4) is 0 Å². The molecule has 2 N–H and O–H groups in total. The molecule has 1 rings (SSSR count). The fourth-order valence-corrected chi connectivity index (χ4v) is 2.30. The van der Waals surface area contributed by atoms with Crippen molar-refractivity contribution in [3.05, 3.63) is 28.2 Å². The number of nitrogens with zero attached hydrogens (tertiary/aromatic N) is 1. The number of hydrogen-bond donors (Lipinski definition) is 2. The molecule has 0 aliphatic heterocycles. The van der Waals surface area contributed by atoms with Crippen molar-refractivity contribution in [3.63, 3.8) is 0 Å². The Balaban J connectivity index is 2.82. The topological polar surface area (TPSA) is 69.6 Å². The Bertz CT molecular complexity index is 505. The van der Waals surface area contributed by atoms with E-state index in [-0.39, 0.29) is 18.5 Å². The molecule has 0 spiro atoms. The lowest BCUT2D eigenvalue weighted by Gasteiger charge is -2.27. The van der Waals surface area contributed by atoms with Gasteiger partial charge < -0.3 is 15.3 Å². The van der Waals surface area contributed by atoms with E-state index in [0.717, 1.165) is 10.0 Å². The molecule has 1 unspecified atom stereocenters. The third-order valence-electron chi connectivity index (χ3n) is 3.04. The average Bonchev–Trinajstić information content (AvgIpc) is 2.33. The molecule has 1 atom stereocenters. The zero-order valence-electron chi connectivity index (χ0n) is 11.8. The molecule has 2 amide bonds. The fourth-order valence-electron chi connectivity index (χ4n) is 1.93. The number of halogens is 1. The van der Waals surface area contributed by atoms with Gasteiger partial charge in [0.15, 0.2) is 0 Å². The Labute approximate surface area is 127 Å². The number of carbonyl (C=O) groups is 2. The molecule has 0 aromatic heterocycles. The highest BCUT2D eigenvalue weighted by molar-refractivity contribution is 9.10. The molecular weight excluding hydrogens is 324 g/mol. The van der Waals surface area contributed by atoms with E-state index in [4.69, 9.17) is 5.11 Å². The predicted molar refractivity (Wildman–Crippen MR) is 82.0 cm³/mol. The van der Waals surface area contributed by atoms with E-state index in [2.05, 4.69) is 21.2 Å². The van der Waals surface area contributed by atoms with Gasteiger partial charge in [0.2, 0.25) is 0 Å². The summed E-state index contributed by atoms with van der Waals surface area (Å²) < 4.78 is 0.875. The maximum atomic E-state index is 12.2. The zero-order valence-corrected chi connectivity index (χ0v) is 13.4. The molecule has 20 heavy (non-hydrogen) atoms. The van der Waals surface area contributed by atoms with Crippen LogP contribution in [0.3, 0.4) is 0 Å². The van der Waals surface area contributed by atoms with Gasteiger partial charge in [0, 0.05) is 22.7 Å². The highest BCUT2D eigenvalue weighted by Gasteiger charge is 2.21. The molecule has 0 radical (unpaired) electrons. The number of aryl methyl sites for hydroxylation is 1. The lowest BCUT2D eigenvalue weighted by atomic mass is 10.2. The summed E-state index contributed by atoms with van der Waals surface area (Å²) in [6, 6.07) is 4.97. The third kappa shape index (κ3) is 4.52. The number of carbonyl (C=O) groups excluding carboxylic acids is 1. The number of aliphatic carboxylic acids is 1. The lowest BCUT2D eigenvalue weighted by Crippen LogP contribution is -2.42. The maximum absolute atomic E-state index is 12.2. The van der Waals surface area contributed by atoms with E-state index in [0.29, 0.717) is 12.2 Å². The predicted octanol–water partition coefficient (Wildman–Crippen LogP) is 3.47. The first-order chi connectivity index (χ1) is 9.35. The standard InChI is InChI=1S/C14H19BrN2O3/c1-4-17(10(3)7-13(18)19)14(20)16-12-8-11(15)6-5-9(12)2/h5-6,8,10H,4,7H2,1-3H3,(H,16,20)(H,18,19). The largest absolute Gasteiger partial charge is 0.481 e.